The summed E-state index contributed by atoms with van der Waals surface area (Å²) in [5, 5.41) is 13.0. The van der Waals surface area contributed by atoms with Crippen LogP contribution in [0.5, 0.6) is 0 Å². The van der Waals surface area contributed by atoms with Crippen molar-refractivity contribution in [2.45, 2.75) is 5.41 Å². The average Bonchev–Trinajstić information content (AvgIpc) is 3.27. The van der Waals surface area contributed by atoms with E-state index in [1.165, 1.54) is 0 Å². The lowest BCUT2D eigenvalue weighted by Gasteiger charge is -2.27. The number of nitriles is 1. The van der Waals surface area contributed by atoms with E-state index in [4.69, 9.17) is 0 Å². The normalized spacial score (nSPS) is 11.8. The van der Waals surface area contributed by atoms with Gasteiger partial charge in [-0.1, -0.05) is 62.2 Å². The topological polar surface area (TPSA) is 33.6 Å². The Balaban J connectivity index is 1.98. The molecule has 0 fully saturated rings. The lowest BCUT2D eigenvalue weighted by molar-refractivity contribution is 0.792. The Morgan fingerprint density at radius 3 is 1.68 bits per heavy atom. The van der Waals surface area contributed by atoms with E-state index in [1.54, 1.807) is 0 Å². The minimum atomic E-state index is -0.970. The van der Waals surface area contributed by atoms with Crippen LogP contribution in [0.1, 0.15) is 16.7 Å². The van der Waals surface area contributed by atoms with E-state index in [1.807, 2.05) is 44.4 Å². The predicted molar refractivity (Wildman–Crippen MR) is 133 cm³/mol. The SMILES string of the molecule is Cn1cc(C(C#N)(c2ccccc2)c2cn(C)c3ccc(Br)cc23)c2cc(Br)ccc21. The maximum atomic E-state index is 10.9. The molecule has 0 saturated carbocycles. The molecule has 152 valence electrons. The average molecular weight is 533 g/mol. The summed E-state index contributed by atoms with van der Waals surface area (Å²) in [6.07, 6.45) is 4.20. The van der Waals surface area contributed by atoms with Gasteiger partial charge in [-0.2, -0.15) is 5.26 Å². The van der Waals surface area contributed by atoms with Crippen LogP contribution >= 0.6 is 31.9 Å². The van der Waals surface area contributed by atoms with Gasteiger partial charge >= 0.3 is 0 Å². The number of hydrogen-bond acceptors (Lipinski definition) is 1. The van der Waals surface area contributed by atoms with Crippen molar-refractivity contribution in [3.63, 3.8) is 0 Å². The summed E-state index contributed by atoms with van der Waals surface area (Å²) < 4.78 is 6.20. The monoisotopic (exact) mass is 531 g/mol. The van der Waals surface area contributed by atoms with Crippen LogP contribution in [0, 0.1) is 11.3 Å². The summed E-state index contributed by atoms with van der Waals surface area (Å²) in [7, 11) is 4.07. The number of benzene rings is 3. The van der Waals surface area contributed by atoms with Crippen molar-refractivity contribution >= 4 is 53.7 Å². The Morgan fingerprint density at radius 2 is 1.23 bits per heavy atom. The van der Waals surface area contributed by atoms with E-state index in [-0.39, 0.29) is 0 Å². The summed E-state index contributed by atoms with van der Waals surface area (Å²) in [6, 6.07) is 25.3. The fraction of sp³-hybridized carbons (Fsp3) is 0.115. The highest BCUT2D eigenvalue weighted by Crippen LogP contribution is 2.46. The highest BCUT2D eigenvalue weighted by molar-refractivity contribution is 9.10. The van der Waals surface area contributed by atoms with Crippen LogP contribution in [0.25, 0.3) is 21.8 Å². The zero-order chi connectivity index (χ0) is 21.8. The van der Waals surface area contributed by atoms with Gasteiger partial charge in [0.1, 0.15) is 5.41 Å². The van der Waals surface area contributed by atoms with E-state index in [0.717, 1.165) is 47.4 Å². The quantitative estimate of drug-likeness (QED) is 0.245. The first kappa shape index (κ1) is 20.1. The number of nitrogens with zero attached hydrogens (tertiary/aromatic N) is 3. The molecule has 0 N–H and O–H groups in total. The minimum Gasteiger partial charge on any atom is -0.350 e. The summed E-state index contributed by atoms with van der Waals surface area (Å²) in [4.78, 5) is 0. The van der Waals surface area contributed by atoms with E-state index in [9.17, 15) is 5.26 Å². The van der Waals surface area contributed by atoms with Gasteiger partial charge in [0.05, 0.1) is 6.07 Å². The molecule has 3 aromatic carbocycles. The summed E-state index contributed by atoms with van der Waals surface area (Å²) in [5.74, 6) is 0. The van der Waals surface area contributed by atoms with Gasteiger partial charge in [-0.15, -0.1) is 0 Å². The molecule has 31 heavy (non-hydrogen) atoms. The first-order valence-electron chi connectivity index (χ1n) is 9.92. The Labute approximate surface area is 197 Å². The highest BCUT2D eigenvalue weighted by atomic mass is 79.9. The number of halogens is 2. The van der Waals surface area contributed by atoms with E-state index < -0.39 is 5.41 Å². The van der Waals surface area contributed by atoms with Crippen LogP contribution in [0.4, 0.5) is 0 Å². The number of aromatic nitrogens is 2. The van der Waals surface area contributed by atoms with Crippen LogP contribution in [-0.2, 0) is 19.5 Å². The predicted octanol–water partition coefficient (Wildman–Crippen LogP) is 7.05. The van der Waals surface area contributed by atoms with Crippen molar-refractivity contribution in [1.29, 1.82) is 5.26 Å². The first-order valence-corrected chi connectivity index (χ1v) is 11.5. The molecule has 0 radical (unpaired) electrons. The van der Waals surface area contributed by atoms with Gasteiger partial charge in [0.15, 0.2) is 0 Å². The number of rotatable bonds is 3. The van der Waals surface area contributed by atoms with E-state index in [2.05, 4.69) is 95.9 Å². The van der Waals surface area contributed by atoms with Gasteiger partial charge in [0, 0.05) is 68.4 Å². The van der Waals surface area contributed by atoms with Crippen molar-refractivity contribution in [2.24, 2.45) is 14.1 Å². The smallest absolute Gasteiger partial charge is 0.136 e. The first-order chi connectivity index (χ1) is 15.0. The summed E-state index contributed by atoms with van der Waals surface area (Å²) in [5.41, 5.74) is 4.13. The molecule has 0 unspecified atom stereocenters. The molecule has 0 amide bonds. The van der Waals surface area contributed by atoms with Gasteiger partial charge in [0.2, 0.25) is 0 Å². The fourth-order valence-corrected chi connectivity index (χ4v) is 5.38. The molecule has 0 atom stereocenters. The van der Waals surface area contributed by atoms with Gasteiger partial charge < -0.3 is 9.13 Å². The summed E-state index contributed by atoms with van der Waals surface area (Å²) in [6.45, 7) is 0. The molecule has 5 heteroatoms. The molecule has 5 aromatic rings. The second kappa shape index (κ2) is 7.40. The Kier molecular flexibility index (Phi) is 4.80. The van der Waals surface area contributed by atoms with Gasteiger partial charge in [0.25, 0.3) is 0 Å². The van der Waals surface area contributed by atoms with Crippen molar-refractivity contribution < 1.29 is 0 Å². The molecule has 0 aliphatic heterocycles. The fourth-order valence-electron chi connectivity index (χ4n) is 4.66. The summed E-state index contributed by atoms with van der Waals surface area (Å²) >= 11 is 7.26. The maximum Gasteiger partial charge on any atom is 0.136 e. The van der Waals surface area contributed by atoms with Gasteiger partial charge in [-0.05, 0) is 42.0 Å². The zero-order valence-electron chi connectivity index (χ0n) is 17.1. The molecule has 0 spiro atoms. The minimum absolute atomic E-state index is 0.956. The molecule has 0 aliphatic rings. The zero-order valence-corrected chi connectivity index (χ0v) is 20.3. The second-order valence-corrected chi connectivity index (χ2v) is 9.69. The lowest BCUT2D eigenvalue weighted by atomic mass is 9.70. The second-order valence-electron chi connectivity index (χ2n) is 7.86. The molecule has 0 bridgehead atoms. The lowest BCUT2D eigenvalue weighted by Crippen LogP contribution is -2.27. The van der Waals surface area contributed by atoms with Crippen LogP contribution in [-0.4, -0.2) is 9.13 Å². The molecule has 2 aromatic heterocycles. The van der Waals surface area contributed by atoms with Crippen LogP contribution < -0.4 is 0 Å². The Morgan fingerprint density at radius 1 is 0.742 bits per heavy atom. The molecule has 2 heterocycles. The molecular formula is C26H19Br2N3. The van der Waals surface area contributed by atoms with Crippen molar-refractivity contribution in [3.8, 4) is 6.07 Å². The Hall–Kier alpha value is -2.81. The molecule has 0 saturated heterocycles. The third-order valence-electron chi connectivity index (χ3n) is 6.09. The van der Waals surface area contributed by atoms with Crippen LogP contribution in [0.3, 0.4) is 0 Å². The molecular weight excluding hydrogens is 514 g/mol. The highest BCUT2D eigenvalue weighted by Gasteiger charge is 2.41. The van der Waals surface area contributed by atoms with E-state index >= 15 is 0 Å². The van der Waals surface area contributed by atoms with Crippen molar-refractivity contribution in [1.82, 2.24) is 9.13 Å². The van der Waals surface area contributed by atoms with Gasteiger partial charge in [-0.3, -0.25) is 0 Å². The largest absolute Gasteiger partial charge is 0.350 e. The molecule has 0 aliphatic carbocycles. The molecule has 5 rings (SSSR count). The number of fused-ring (bicyclic) bond motifs is 2. The third-order valence-corrected chi connectivity index (χ3v) is 7.07. The molecule has 3 nitrogen and oxygen atoms in total. The van der Waals surface area contributed by atoms with Crippen LogP contribution in [0.2, 0.25) is 0 Å². The van der Waals surface area contributed by atoms with Crippen LogP contribution in [0.15, 0.2) is 88.1 Å². The van der Waals surface area contributed by atoms with Crippen molar-refractivity contribution in [2.75, 3.05) is 0 Å². The number of aryl methyl sites for hydroxylation is 2. The van der Waals surface area contributed by atoms with Crippen molar-refractivity contribution in [3.05, 3.63) is 105 Å². The standard InChI is InChI=1S/C26H19Br2N3/c1-30-14-22(20-12-18(27)8-10-24(20)30)26(16-29,17-6-4-3-5-7-17)23-15-31(2)25-11-9-19(28)13-21(23)25/h3-15H,1-2H3. The van der Waals surface area contributed by atoms with E-state index in [0.29, 0.717) is 0 Å². The number of hydrogen-bond donors (Lipinski definition) is 0. The Bertz CT molecular complexity index is 1400. The third kappa shape index (κ3) is 2.97. The maximum absolute atomic E-state index is 10.9. The van der Waals surface area contributed by atoms with Gasteiger partial charge in [-0.25, -0.2) is 0 Å².